The lowest BCUT2D eigenvalue weighted by molar-refractivity contribution is -0.0666. The zero-order valence-corrected chi connectivity index (χ0v) is 24.4. The Bertz CT molecular complexity index is 1300. The second-order valence-electron chi connectivity index (χ2n) is 9.56. The number of nitrogens with two attached hydrogens (primary N) is 1. The average molecular weight is 601 g/mol. The molecule has 0 bridgehead atoms. The van der Waals surface area contributed by atoms with E-state index in [1.54, 1.807) is 16.8 Å². The molecule has 11 nitrogen and oxygen atoms in total. The number of carbonyl (C=O) groups excluding carboxylic acids is 2. The Kier molecular flexibility index (Phi) is 13.2. The van der Waals surface area contributed by atoms with E-state index in [1.165, 1.54) is 19.3 Å². The van der Waals surface area contributed by atoms with Gasteiger partial charge < -0.3 is 34.0 Å². The number of halogens is 1. The van der Waals surface area contributed by atoms with Crippen molar-refractivity contribution in [1.29, 1.82) is 0 Å². The largest absolute Gasteiger partial charge is 0.508 e. The molecule has 4 rings (SSSR count). The molecule has 2 aromatic heterocycles. The second-order valence-corrected chi connectivity index (χ2v) is 9.90. The van der Waals surface area contributed by atoms with Gasteiger partial charge in [-0.25, -0.2) is 14.6 Å². The maximum absolute atomic E-state index is 12.5. The van der Waals surface area contributed by atoms with Crippen LogP contribution in [0.4, 0.5) is 15.4 Å². The summed E-state index contributed by atoms with van der Waals surface area (Å²) in [5.74, 6) is 0.235. The smallest absolute Gasteiger partial charge is 0.434 e. The van der Waals surface area contributed by atoms with Gasteiger partial charge in [-0.2, -0.15) is 4.98 Å². The molecule has 0 saturated carbocycles. The van der Waals surface area contributed by atoms with Crippen molar-refractivity contribution in [3.8, 4) is 12.8 Å². The molecule has 0 aliphatic carbocycles. The number of terminal acetylenes is 1. The molecule has 0 spiro atoms. The van der Waals surface area contributed by atoms with Crippen LogP contribution in [0.15, 0.2) is 42.6 Å². The van der Waals surface area contributed by atoms with Crippen molar-refractivity contribution in [1.82, 2.24) is 14.5 Å². The molecule has 1 fully saturated rings. The lowest BCUT2D eigenvalue weighted by atomic mass is 10.1. The van der Waals surface area contributed by atoms with E-state index in [4.69, 9.17) is 41.0 Å². The summed E-state index contributed by atoms with van der Waals surface area (Å²) in [5, 5.41) is 0.600. The molecule has 0 amide bonds. The highest BCUT2D eigenvalue weighted by molar-refractivity contribution is 6.28. The zero-order valence-electron chi connectivity index (χ0n) is 23.7. The van der Waals surface area contributed by atoms with E-state index in [0.717, 1.165) is 24.8 Å². The Labute approximate surface area is 250 Å². The highest BCUT2D eigenvalue weighted by atomic mass is 35.5. The lowest BCUT2D eigenvalue weighted by Crippen LogP contribution is -2.32. The van der Waals surface area contributed by atoms with Crippen LogP contribution in [0.3, 0.4) is 0 Å². The number of benzene rings is 1. The van der Waals surface area contributed by atoms with Gasteiger partial charge in [-0.3, -0.25) is 0 Å². The third kappa shape index (κ3) is 9.53. The SMILES string of the molecule is C#C.CCCCCCCCOC(=O)OC1C[C@H](n2ccc3c(N)nc(Cl)nc32)O[C@@H]1COC(=O)OCc1ccccc1. The van der Waals surface area contributed by atoms with Crippen LogP contribution in [0.2, 0.25) is 5.28 Å². The zero-order chi connectivity index (χ0) is 30.3. The van der Waals surface area contributed by atoms with Crippen LogP contribution in [-0.2, 0) is 30.3 Å². The monoisotopic (exact) mass is 600 g/mol. The fraction of sp³-hybridized carbons (Fsp3) is 0.467. The number of fused-ring (bicyclic) bond motifs is 1. The van der Waals surface area contributed by atoms with Gasteiger partial charge in [0.1, 0.15) is 43.1 Å². The fourth-order valence-electron chi connectivity index (χ4n) is 4.51. The molecule has 1 aromatic carbocycles. The van der Waals surface area contributed by atoms with Crippen LogP contribution in [-0.4, -0.2) is 52.3 Å². The molecule has 12 heteroatoms. The molecular formula is C30H37ClN4O7. The van der Waals surface area contributed by atoms with E-state index in [-0.39, 0.29) is 37.3 Å². The minimum absolute atomic E-state index is 0.00457. The number of nitrogen functional groups attached to an aromatic ring is 1. The third-order valence-electron chi connectivity index (χ3n) is 6.60. The summed E-state index contributed by atoms with van der Waals surface area (Å²) in [6, 6.07) is 11.0. The average Bonchev–Trinajstić information content (AvgIpc) is 3.60. The summed E-state index contributed by atoms with van der Waals surface area (Å²) < 4.78 is 29.3. The number of anilines is 1. The number of hydrogen-bond acceptors (Lipinski definition) is 10. The Morgan fingerprint density at radius 2 is 1.76 bits per heavy atom. The topological polar surface area (TPSA) is 137 Å². The summed E-state index contributed by atoms with van der Waals surface area (Å²) in [4.78, 5) is 33.0. The van der Waals surface area contributed by atoms with Gasteiger partial charge in [0.15, 0.2) is 0 Å². The Morgan fingerprint density at radius 1 is 1.02 bits per heavy atom. The van der Waals surface area contributed by atoms with Gasteiger partial charge in [0.2, 0.25) is 5.28 Å². The van der Waals surface area contributed by atoms with Crippen molar-refractivity contribution >= 4 is 40.8 Å². The van der Waals surface area contributed by atoms with E-state index in [2.05, 4.69) is 29.7 Å². The molecule has 3 aromatic rings. The van der Waals surface area contributed by atoms with E-state index in [0.29, 0.717) is 11.0 Å². The molecule has 0 radical (unpaired) electrons. The van der Waals surface area contributed by atoms with Crippen molar-refractivity contribution < 1.29 is 33.3 Å². The summed E-state index contributed by atoms with van der Waals surface area (Å²) in [7, 11) is 0. The number of nitrogens with zero attached hydrogens (tertiary/aromatic N) is 3. The number of aromatic nitrogens is 3. The van der Waals surface area contributed by atoms with Crippen LogP contribution < -0.4 is 5.73 Å². The number of carbonyl (C=O) groups is 2. The molecule has 1 aliphatic heterocycles. The number of unbranched alkanes of at least 4 members (excludes halogenated alkanes) is 5. The van der Waals surface area contributed by atoms with E-state index in [9.17, 15) is 9.59 Å². The fourth-order valence-corrected chi connectivity index (χ4v) is 4.68. The number of hydrogen-bond donors (Lipinski definition) is 1. The van der Waals surface area contributed by atoms with Crippen LogP contribution in [0.5, 0.6) is 0 Å². The van der Waals surface area contributed by atoms with Crippen molar-refractivity contribution in [2.75, 3.05) is 18.9 Å². The van der Waals surface area contributed by atoms with Gasteiger partial charge in [-0.05, 0) is 29.7 Å². The molecule has 3 atom stereocenters. The summed E-state index contributed by atoms with van der Waals surface area (Å²) in [6.07, 6.45) is 12.6. The number of ether oxygens (including phenoxy) is 5. The first-order chi connectivity index (χ1) is 20.4. The van der Waals surface area contributed by atoms with Crippen molar-refractivity contribution in [2.45, 2.75) is 76.9 Å². The molecule has 1 unspecified atom stereocenters. The van der Waals surface area contributed by atoms with Crippen molar-refractivity contribution in [3.05, 3.63) is 53.4 Å². The second kappa shape index (κ2) is 17.1. The summed E-state index contributed by atoms with van der Waals surface area (Å²) in [5.41, 5.74) is 7.28. The standard InChI is InChI=1S/C28H35ClN4O7.C2H2/c1-2-3-4-5-6-10-15-36-28(35)40-21-16-23(33-14-13-20-24(30)31-26(29)32-25(20)33)39-22(21)18-38-27(34)37-17-19-11-8-7-9-12-19;1-2/h7-9,11-14,21-23H,2-6,10,15-18H2,1H3,(H2,30,31,32);1-2H/t21?,22-,23-;/m1./s1. The Balaban J connectivity index is 0.00000237. The van der Waals surface area contributed by atoms with Gasteiger partial charge in [0.05, 0.1) is 12.0 Å². The maximum atomic E-state index is 12.5. The minimum atomic E-state index is -0.862. The van der Waals surface area contributed by atoms with Crippen LogP contribution in [0.25, 0.3) is 11.0 Å². The quantitative estimate of drug-likeness (QED) is 0.101. The van der Waals surface area contributed by atoms with Gasteiger partial charge in [0.25, 0.3) is 0 Å². The molecule has 3 heterocycles. The van der Waals surface area contributed by atoms with E-state index < -0.39 is 30.7 Å². The molecule has 1 saturated heterocycles. The van der Waals surface area contributed by atoms with Gasteiger partial charge in [0, 0.05) is 12.6 Å². The lowest BCUT2D eigenvalue weighted by Gasteiger charge is -2.18. The Morgan fingerprint density at radius 3 is 2.52 bits per heavy atom. The summed E-state index contributed by atoms with van der Waals surface area (Å²) in [6.45, 7) is 2.30. The highest BCUT2D eigenvalue weighted by Crippen LogP contribution is 2.35. The maximum Gasteiger partial charge on any atom is 0.508 e. The number of rotatable bonds is 13. The molecule has 226 valence electrons. The first kappa shape index (κ1) is 32.5. The normalized spacial score (nSPS) is 17.7. The van der Waals surface area contributed by atoms with Gasteiger partial charge >= 0.3 is 12.3 Å². The van der Waals surface area contributed by atoms with Crippen molar-refractivity contribution in [3.63, 3.8) is 0 Å². The minimum Gasteiger partial charge on any atom is -0.434 e. The first-order valence-electron chi connectivity index (χ1n) is 13.9. The van der Waals surface area contributed by atoms with Gasteiger partial charge in [-0.15, -0.1) is 12.8 Å². The Hall–Kier alpha value is -4.01. The van der Waals surface area contributed by atoms with E-state index >= 15 is 0 Å². The molecule has 42 heavy (non-hydrogen) atoms. The van der Waals surface area contributed by atoms with Crippen LogP contribution >= 0.6 is 11.6 Å². The summed E-state index contributed by atoms with van der Waals surface area (Å²) >= 11 is 6.03. The molecule has 1 aliphatic rings. The predicted octanol–water partition coefficient (Wildman–Crippen LogP) is 6.44. The predicted molar refractivity (Wildman–Crippen MR) is 158 cm³/mol. The first-order valence-corrected chi connectivity index (χ1v) is 14.3. The van der Waals surface area contributed by atoms with Crippen LogP contribution in [0, 0.1) is 12.8 Å². The molecular weight excluding hydrogens is 564 g/mol. The van der Waals surface area contributed by atoms with Crippen molar-refractivity contribution in [2.24, 2.45) is 0 Å². The highest BCUT2D eigenvalue weighted by Gasteiger charge is 2.41. The molecule has 2 N–H and O–H groups in total. The van der Waals surface area contributed by atoms with Crippen LogP contribution in [0.1, 0.15) is 63.7 Å². The van der Waals surface area contributed by atoms with Gasteiger partial charge in [-0.1, -0.05) is 69.4 Å². The van der Waals surface area contributed by atoms with E-state index in [1.807, 2.05) is 30.3 Å². The third-order valence-corrected chi connectivity index (χ3v) is 6.76.